The number of aryl methyl sites for hydroxylation is 1. The van der Waals surface area contributed by atoms with E-state index in [2.05, 4.69) is 16.7 Å². The Balaban J connectivity index is 1.42. The summed E-state index contributed by atoms with van der Waals surface area (Å²) in [5, 5.41) is 14.9. The van der Waals surface area contributed by atoms with Crippen molar-refractivity contribution in [3.8, 4) is 17.2 Å². The second-order valence-electron chi connectivity index (χ2n) is 7.84. The third kappa shape index (κ3) is 4.59. The predicted octanol–water partition coefficient (Wildman–Crippen LogP) is 1.08. The molecule has 1 fully saturated rings. The second kappa shape index (κ2) is 8.61. The van der Waals surface area contributed by atoms with Crippen molar-refractivity contribution < 1.29 is 17.6 Å². The van der Waals surface area contributed by atoms with Crippen LogP contribution in [0.25, 0.3) is 22.2 Å². The Morgan fingerprint density at radius 3 is 2.66 bits per heavy atom. The van der Waals surface area contributed by atoms with Crippen LogP contribution < -0.4 is 16.4 Å². The van der Waals surface area contributed by atoms with Gasteiger partial charge in [-0.25, -0.2) is 13.2 Å². The van der Waals surface area contributed by atoms with Crippen LogP contribution in [0.5, 0.6) is 0 Å². The number of amides is 1. The van der Waals surface area contributed by atoms with Crippen molar-refractivity contribution in [2.45, 2.75) is 24.9 Å². The first kappa shape index (κ1) is 21.8. The van der Waals surface area contributed by atoms with Crippen LogP contribution in [-0.4, -0.2) is 42.6 Å². The van der Waals surface area contributed by atoms with Crippen LogP contribution in [-0.2, 0) is 28.1 Å². The lowest BCUT2D eigenvalue weighted by Gasteiger charge is -2.24. The SMILES string of the molecule is Cn1c(=O)oc2ccc(-c3ccc(C[C@@H](C#N)NC(=O)C4CCS(=O)(=O)CN4)cc3)cc21. The number of carbonyl (C=O) groups excluding carboxylic acids is 1. The second-order valence-corrected chi connectivity index (χ2v) is 10.0. The lowest BCUT2D eigenvalue weighted by atomic mass is 10.0. The Kier molecular flexibility index (Phi) is 5.86. The Morgan fingerprint density at radius 2 is 2.00 bits per heavy atom. The summed E-state index contributed by atoms with van der Waals surface area (Å²) >= 11 is 0. The summed E-state index contributed by atoms with van der Waals surface area (Å²) < 4.78 is 29.6. The maximum absolute atomic E-state index is 12.4. The van der Waals surface area contributed by atoms with Crippen LogP contribution in [0.2, 0.25) is 0 Å². The molecule has 1 aliphatic rings. The largest absolute Gasteiger partial charge is 0.419 e. The van der Waals surface area contributed by atoms with Gasteiger partial charge in [-0.15, -0.1) is 0 Å². The van der Waals surface area contributed by atoms with Crippen LogP contribution in [0.1, 0.15) is 12.0 Å². The van der Waals surface area contributed by atoms with Crippen molar-refractivity contribution in [1.29, 1.82) is 5.26 Å². The molecule has 1 amide bonds. The monoisotopic (exact) mass is 454 g/mol. The summed E-state index contributed by atoms with van der Waals surface area (Å²) in [4.78, 5) is 24.1. The molecule has 2 heterocycles. The Labute approximate surface area is 184 Å². The highest BCUT2D eigenvalue weighted by molar-refractivity contribution is 7.91. The number of hydrogen-bond acceptors (Lipinski definition) is 7. The van der Waals surface area contributed by atoms with Gasteiger partial charge in [0.2, 0.25) is 5.91 Å². The van der Waals surface area contributed by atoms with E-state index in [-0.39, 0.29) is 24.0 Å². The minimum Gasteiger partial charge on any atom is -0.408 e. The maximum Gasteiger partial charge on any atom is 0.419 e. The van der Waals surface area contributed by atoms with Crippen LogP contribution in [0.3, 0.4) is 0 Å². The van der Waals surface area contributed by atoms with Gasteiger partial charge >= 0.3 is 5.76 Å². The third-order valence-electron chi connectivity index (χ3n) is 5.57. The van der Waals surface area contributed by atoms with E-state index in [1.54, 1.807) is 13.1 Å². The molecule has 0 saturated carbocycles. The standard InChI is InChI=1S/C22H22N4O5S/c1-26-19-11-16(6-7-20(19)31-22(26)28)15-4-2-14(3-5-15)10-17(12-23)25-21(27)18-8-9-32(29,30)13-24-18/h2-7,11,17-18,24H,8-10,13H2,1H3,(H,25,27)/t17-,18?/m0/s1. The molecule has 2 atom stereocenters. The molecule has 166 valence electrons. The average molecular weight is 455 g/mol. The molecule has 1 unspecified atom stereocenters. The minimum absolute atomic E-state index is 0.0461. The molecule has 32 heavy (non-hydrogen) atoms. The molecule has 2 aromatic carbocycles. The van der Waals surface area contributed by atoms with Crippen molar-refractivity contribution in [1.82, 2.24) is 15.2 Å². The van der Waals surface area contributed by atoms with Crippen molar-refractivity contribution in [2.75, 3.05) is 11.6 Å². The van der Waals surface area contributed by atoms with Crippen molar-refractivity contribution in [2.24, 2.45) is 7.05 Å². The summed E-state index contributed by atoms with van der Waals surface area (Å²) in [5.41, 5.74) is 3.96. The highest BCUT2D eigenvalue weighted by Crippen LogP contribution is 2.24. The number of sulfone groups is 1. The first-order valence-corrected chi connectivity index (χ1v) is 11.9. The van der Waals surface area contributed by atoms with Crippen molar-refractivity contribution in [3.63, 3.8) is 0 Å². The summed E-state index contributed by atoms with van der Waals surface area (Å²) in [6.45, 7) is 0. The van der Waals surface area contributed by atoms with E-state index in [9.17, 15) is 23.3 Å². The van der Waals surface area contributed by atoms with Crippen LogP contribution in [0.4, 0.5) is 0 Å². The molecule has 1 aliphatic heterocycles. The molecule has 0 spiro atoms. The van der Waals surface area contributed by atoms with Gasteiger partial charge in [-0.05, 0) is 35.2 Å². The van der Waals surface area contributed by atoms with Gasteiger partial charge in [0.25, 0.3) is 0 Å². The van der Waals surface area contributed by atoms with E-state index < -0.39 is 27.7 Å². The van der Waals surface area contributed by atoms with Crippen molar-refractivity contribution >= 4 is 26.8 Å². The zero-order chi connectivity index (χ0) is 22.9. The van der Waals surface area contributed by atoms with Gasteiger partial charge in [0.15, 0.2) is 15.4 Å². The molecule has 3 aromatic rings. The molecule has 1 aromatic heterocycles. The summed E-state index contributed by atoms with van der Waals surface area (Å²) in [6.07, 6.45) is 0.510. The molecule has 4 rings (SSSR count). The lowest BCUT2D eigenvalue weighted by molar-refractivity contribution is -0.123. The zero-order valence-electron chi connectivity index (χ0n) is 17.4. The van der Waals surface area contributed by atoms with E-state index in [1.807, 2.05) is 36.4 Å². The molecule has 0 bridgehead atoms. The Hall–Kier alpha value is -3.42. The van der Waals surface area contributed by atoms with E-state index in [0.717, 1.165) is 16.7 Å². The number of carbonyl (C=O) groups is 1. The number of oxazole rings is 1. The normalized spacial score (nSPS) is 18.7. The third-order valence-corrected chi connectivity index (χ3v) is 7.04. The molecule has 0 aliphatic carbocycles. The Bertz CT molecular complexity index is 1350. The number of rotatable bonds is 5. The topological polar surface area (TPSA) is 134 Å². The van der Waals surface area contributed by atoms with E-state index in [0.29, 0.717) is 17.5 Å². The fraction of sp³-hybridized carbons (Fsp3) is 0.318. The lowest BCUT2D eigenvalue weighted by Crippen LogP contribution is -2.52. The average Bonchev–Trinajstić information content (AvgIpc) is 3.06. The molecule has 9 nitrogen and oxygen atoms in total. The van der Waals surface area contributed by atoms with Crippen LogP contribution in [0, 0.1) is 11.3 Å². The van der Waals surface area contributed by atoms with E-state index in [1.165, 1.54) is 4.57 Å². The van der Waals surface area contributed by atoms with Gasteiger partial charge in [-0.3, -0.25) is 14.7 Å². The first-order chi connectivity index (χ1) is 15.3. The molecule has 1 saturated heterocycles. The number of fused-ring (bicyclic) bond motifs is 1. The highest BCUT2D eigenvalue weighted by atomic mass is 32.2. The number of nitriles is 1. The van der Waals surface area contributed by atoms with Gasteiger partial charge in [0, 0.05) is 13.5 Å². The smallest absolute Gasteiger partial charge is 0.408 e. The maximum atomic E-state index is 12.4. The summed E-state index contributed by atoms with van der Waals surface area (Å²) in [5.74, 6) is -1.07. The number of nitrogens with one attached hydrogen (secondary N) is 2. The number of nitrogens with zero attached hydrogens (tertiary/aromatic N) is 2. The van der Waals surface area contributed by atoms with Crippen LogP contribution >= 0.6 is 0 Å². The van der Waals surface area contributed by atoms with Gasteiger partial charge in [0.1, 0.15) is 6.04 Å². The van der Waals surface area contributed by atoms with Crippen LogP contribution in [0.15, 0.2) is 51.7 Å². The van der Waals surface area contributed by atoms with E-state index >= 15 is 0 Å². The molecule has 0 radical (unpaired) electrons. The first-order valence-electron chi connectivity index (χ1n) is 10.1. The van der Waals surface area contributed by atoms with Gasteiger partial charge < -0.3 is 9.73 Å². The minimum atomic E-state index is -3.15. The zero-order valence-corrected chi connectivity index (χ0v) is 18.2. The summed E-state index contributed by atoms with van der Waals surface area (Å²) in [7, 11) is -1.50. The van der Waals surface area contributed by atoms with Gasteiger partial charge in [-0.2, -0.15) is 5.26 Å². The fourth-order valence-electron chi connectivity index (χ4n) is 3.70. The quantitative estimate of drug-likeness (QED) is 0.589. The molecular weight excluding hydrogens is 432 g/mol. The van der Waals surface area contributed by atoms with Gasteiger partial charge in [0.05, 0.1) is 29.3 Å². The number of aromatic nitrogens is 1. The Morgan fingerprint density at radius 1 is 1.28 bits per heavy atom. The molecular formula is C22H22N4O5S. The van der Waals surface area contributed by atoms with Gasteiger partial charge in [-0.1, -0.05) is 30.3 Å². The summed E-state index contributed by atoms with van der Waals surface area (Å²) in [6, 6.07) is 13.8. The predicted molar refractivity (Wildman–Crippen MR) is 118 cm³/mol. The van der Waals surface area contributed by atoms with E-state index in [4.69, 9.17) is 4.42 Å². The fourth-order valence-corrected chi connectivity index (χ4v) is 4.89. The number of hydrogen-bond donors (Lipinski definition) is 2. The highest BCUT2D eigenvalue weighted by Gasteiger charge is 2.29. The molecule has 2 N–H and O–H groups in total. The van der Waals surface area contributed by atoms with Crippen molar-refractivity contribution in [3.05, 3.63) is 58.6 Å². The number of benzene rings is 2. The molecule has 10 heteroatoms.